The summed E-state index contributed by atoms with van der Waals surface area (Å²) in [4.78, 5) is 24.4. The summed E-state index contributed by atoms with van der Waals surface area (Å²) in [6.07, 6.45) is 7.40. The Bertz CT molecular complexity index is 1380. The zero-order valence-electron chi connectivity index (χ0n) is 19.7. The second-order valence-electron chi connectivity index (χ2n) is 9.28. The number of aromatic amines is 1. The molecule has 1 aliphatic heterocycles. The van der Waals surface area contributed by atoms with Crippen LogP contribution in [0.4, 0.5) is 23.3 Å². The average Bonchev–Trinajstić information content (AvgIpc) is 3.23. The maximum Gasteiger partial charge on any atom is 0.250 e. The summed E-state index contributed by atoms with van der Waals surface area (Å²) >= 11 is 0. The number of carbonyl (C=O) groups is 1. The first-order valence-electron chi connectivity index (χ1n) is 11.8. The number of fused-ring (bicyclic) bond motifs is 1. The molecule has 1 saturated carbocycles. The molecule has 4 aromatic heterocycles. The Balaban J connectivity index is 1.29. The summed E-state index contributed by atoms with van der Waals surface area (Å²) in [7, 11) is 1.56. The molecule has 3 N–H and O–H groups in total. The Kier molecular flexibility index (Phi) is 5.05. The molecule has 1 aliphatic carbocycles. The summed E-state index contributed by atoms with van der Waals surface area (Å²) in [5, 5.41) is 18.6. The van der Waals surface area contributed by atoms with E-state index in [1.54, 1.807) is 30.0 Å². The largest absolute Gasteiger partial charge is 0.481 e. The quantitative estimate of drug-likeness (QED) is 0.373. The van der Waals surface area contributed by atoms with Crippen LogP contribution in [0.25, 0.3) is 5.52 Å². The van der Waals surface area contributed by atoms with E-state index >= 15 is 0 Å². The molecule has 11 nitrogen and oxygen atoms in total. The predicted molar refractivity (Wildman–Crippen MR) is 131 cm³/mol. The minimum Gasteiger partial charge on any atom is -0.481 e. The van der Waals surface area contributed by atoms with Crippen LogP contribution in [0, 0.1) is 0 Å². The highest BCUT2D eigenvalue weighted by atomic mass is 16.5. The van der Waals surface area contributed by atoms with Crippen molar-refractivity contribution in [2.75, 3.05) is 29.2 Å². The molecule has 2 fully saturated rings. The lowest BCUT2D eigenvalue weighted by Crippen LogP contribution is -2.51. The van der Waals surface area contributed by atoms with Gasteiger partial charge in [0.2, 0.25) is 17.7 Å². The molecule has 0 bridgehead atoms. The van der Waals surface area contributed by atoms with Crippen molar-refractivity contribution in [2.24, 2.45) is 0 Å². The van der Waals surface area contributed by atoms with Crippen molar-refractivity contribution in [2.45, 2.75) is 44.1 Å². The van der Waals surface area contributed by atoms with E-state index in [9.17, 15) is 4.79 Å². The van der Waals surface area contributed by atoms with E-state index < -0.39 is 5.54 Å². The zero-order valence-corrected chi connectivity index (χ0v) is 19.7. The van der Waals surface area contributed by atoms with Crippen LogP contribution in [0.15, 0.2) is 42.7 Å². The number of nitrogens with one attached hydrogen (secondary N) is 3. The number of pyridine rings is 1. The molecule has 1 amide bonds. The van der Waals surface area contributed by atoms with Crippen molar-refractivity contribution in [3.63, 3.8) is 0 Å². The molecule has 4 aromatic rings. The van der Waals surface area contributed by atoms with Crippen LogP contribution in [0.1, 0.15) is 44.2 Å². The van der Waals surface area contributed by atoms with Gasteiger partial charge in [0, 0.05) is 36.5 Å². The van der Waals surface area contributed by atoms with Crippen molar-refractivity contribution in [1.29, 1.82) is 0 Å². The van der Waals surface area contributed by atoms with Crippen LogP contribution in [0.5, 0.6) is 5.88 Å². The third kappa shape index (κ3) is 3.92. The van der Waals surface area contributed by atoms with Gasteiger partial charge < -0.3 is 20.3 Å². The number of aromatic nitrogens is 6. The summed E-state index contributed by atoms with van der Waals surface area (Å²) in [6.45, 7) is 2.60. The van der Waals surface area contributed by atoms with Crippen molar-refractivity contribution in [3.8, 4) is 5.88 Å². The lowest BCUT2D eigenvalue weighted by atomic mass is 9.97. The number of H-pyrrole nitrogens is 1. The first-order valence-corrected chi connectivity index (χ1v) is 11.8. The van der Waals surface area contributed by atoms with Crippen molar-refractivity contribution < 1.29 is 9.53 Å². The molecule has 6 rings (SSSR count). The van der Waals surface area contributed by atoms with Gasteiger partial charge >= 0.3 is 0 Å². The van der Waals surface area contributed by atoms with Gasteiger partial charge in [0.25, 0.3) is 0 Å². The van der Waals surface area contributed by atoms with Crippen LogP contribution in [0.3, 0.4) is 0 Å². The fourth-order valence-corrected chi connectivity index (χ4v) is 4.62. The van der Waals surface area contributed by atoms with Crippen LogP contribution < -0.4 is 20.3 Å². The summed E-state index contributed by atoms with van der Waals surface area (Å²) < 4.78 is 6.88. The lowest BCUT2D eigenvalue weighted by Gasteiger charge is -2.34. The molecule has 35 heavy (non-hydrogen) atoms. The fraction of sp³-hybridized carbons (Fsp3) is 0.375. The van der Waals surface area contributed by atoms with E-state index in [1.165, 1.54) is 12.8 Å². The van der Waals surface area contributed by atoms with E-state index in [2.05, 4.69) is 25.8 Å². The van der Waals surface area contributed by atoms with Gasteiger partial charge in [-0.05, 0) is 50.8 Å². The molecule has 180 valence electrons. The van der Waals surface area contributed by atoms with Crippen molar-refractivity contribution >= 4 is 34.7 Å². The Labute approximate surface area is 201 Å². The number of carbonyl (C=O) groups excluding carboxylic acids is 1. The molecule has 11 heteroatoms. The lowest BCUT2D eigenvalue weighted by molar-refractivity contribution is -0.120. The highest BCUT2D eigenvalue weighted by molar-refractivity contribution is 6.00. The number of anilines is 4. The van der Waals surface area contributed by atoms with Crippen molar-refractivity contribution in [3.05, 3.63) is 48.4 Å². The number of amides is 1. The second-order valence-corrected chi connectivity index (χ2v) is 9.28. The molecule has 1 saturated heterocycles. The van der Waals surface area contributed by atoms with Crippen LogP contribution in [-0.2, 0) is 4.79 Å². The molecule has 0 radical (unpaired) electrons. The SMILES string of the molecule is COc1ccc(NC(=O)[C@]2(C)CCCN2c2nc(Nc3cc(C4CC4)[nH]n3)c3cccn3n2)cn1. The van der Waals surface area contributed by atoms with Gasteiger partial charge in [0.05, 0.1) is 19.0 Å². The number of nitrogens with zero attached hydrogens (tertiary/aromatic N) is 6. The molecule has 1 atom stereocenters. The van der Waals surface area contributed by atoms with Gasteiger partial charge in [-0.25, -0.2) is 9.50 Å². The Morgan fingerprint density at radius 3 is 2.94 bits per heavy atom. The van der Waals surface area contributed by atoms with Crippen LogP contribution in [0.2, 0.25) is 0 Å². The minimum absolute atomic E-state index is 0.131. The first kappa shape index (κ1) is 21.4. The third-order valence-electron chi connectivity index (χ3n) is 6.82. The van der Waals surface area contributed by atoms with Gasteiger partial charge in [-0.15, -0.1) is 5.10 Å². The molecule has 0 spiro atoms. The van der Waals surface area contributed by atoms with Crippen molar-refractivity contribution in [1.82, 2.24) is 29.8 Å². The molecular weight excluding hydrogens is 446 g/mol. The Morgan fingerprint density at radius 2 is 2.17 bits per heavy atom. The van der Waals surface area contributed by atoms with E-state index in [0.717, 1.165) is 17.6 Å². The van der Waals surface area contributed by atoms with Gasteiger partial charge in [-0.2, -0.15) is 10.1 Å². The first-order chi connectivity index (χ1) is 17.0. The Hall–Kier alpha value is -4.15. The van der Waals surface area contributed by atoms with Gasteiger partial charge in [-0.3, -0.25) is 9.89 Å². The molecule has 2 aliphatic rings. The normalized spacial score (nSPS) is 19.8. The molecule has 0 aromatic carbocycles. The molecular formula is C24H27N9O2. The van der Waals surface area contributed by atoms with E-state index in [-0.39, 0.29) is 5.91 Å². The monoisotopic (exact) mass is 473 g/mol. The van der Waals surface area contributed by atoms with E-state index in [1.807, 2.05) is 36.2 Å². The standard InChI is InChI=1S/C24H27N9O2/c1-24(22(34)26-16-8-9-20(35-2)25-14-16)10-4-11-32(24)23-28-21(18-5-3-12-33(18)31-23)27-19-13-17(29-30-19)15-6-7-15/h3,5,8-9,12-15H,4,6-7,10-11H2,1-2H3,(H,26,34)(H2,27,28,29,30,31)/t24-/m0/s1. The average molecular weight is 474 g/mol. The van der Waals surface area contributed by atoms with E-state index in [4.69, 9.17) is 14.8 Å². The maximum absolute atomic E-state index is 13.4. The zero-order chi connectivity index (χ0) is 24.0. The molecule has 0 unspecified atom stereocenters. The highest BCUT2D eigenvalue weighted by Crippen LogP contribution is 2.40. The Morgan fingerprint density at radius 1 is 1.29 bits per heavy atom. The number of ether oxygens (including phenoxy) is 1. The highest BCUT2D eigenvalue weighted by Gasteiger charge is 2.45. The number of rotatable bonds is 7. The topological polar surface area (TPSA) is 125 Å². The third-order valence-corrected chi connectivity index (χ3v) is 6.82. The second kappa shape index (κ2) is 8.26. The minimum atomic E-state index is -0.816. The van der Waals surface area contributed by atoms with Gasteiger partial charge in [0.1, 0.15) is 11.1 Å². The van der Waals surface area contributed by atoms with Gasteiger partial charge in [-0.1, -0.05) is 0 Å². The number of methoxy groups -OCH3 is 1. The van der Waals surface area contributed by atoms with Crippen LogP contribution in [-0.4, -0.2) is 54.9 Å². The maximum atomic E-state index is 13.4. The predicted octanol–water partition coefficient (Wildman–Crippen LogP) is 3.47. The fourth-order valence-electron chi connectivity index (χ4n) is 4.62. The summed E-state index contributed by atoms with van der Waals surface area (Å²) in [6, 6.07) is 9.40. The molecule has 5 heterocycles. The van der Waals surface area contributed by atoms with Crippen LogP contribution >= 0.6 is 0 Å². The number of hydrogen-bond acceptors (Lipinski definition) is 8. The number of hydrogen-bond donors (Lipinski definition) is 3. The smallest absolute Gasteiger partial charge is 0.250 e. The summed E-state index contributed by atoms with van der Waals surface area (Å²) in [5.41, 5.74) is 1.77. The summed E-state index contributed by atoms with van der Waals surface area (Å²) in [5.74, 6) is 2.78. The van der Waals surface area contributed by atoms with Gasteiger partial charge in [0.15, 0.2) is 11.6 Å². The van der Waals surface area contributed by atoms with E-state index in [0.29, 0.717) is 48.0 Å².